The number of fused-ring (bicyclic) bond motifs is 1. The molecule has 2 saturated heterocycles. The van der Waals surface area contributed by atoms with E-state index < -0.39 is 15.6 Å². The normalized spacial score (nSPS) is 17.2. The molecule has 0 spiro atoms. The number of ether oxygens (including phenoxy) is 1. The minimum atomic E-state index is -4.31. The molecule has 0 unspecified atom stereocenters. The number of amides is 2. The van der Waals surface area contributed by atoms with Crippen molar-refractivity contribution in [2.24, 2.45) is 0 Å². The Morgan fingerprint density at radius 1 is 1.05 bits per heavy atom. The Kier molecular flexibility index (Phi) is 9.20. The van der Waals surface area contributed by atoms with E-state index in [0.717, 1.165) is 16.6 Å². The van der Waals surface area contributed by atoms with Gasteiger partial charge in [0.25, 0.3) is 0 Å². The van der Waals surface area contributed by atoms with Gasteiger partial charge < -0.3 is 19.9 Å². The molecule has 0 atom stereocenters. The molecule has 5 rings (SSSR count). The average Bonchev–Trinajstić information content (AvgIpc) is 2.97. The SMILES string of the molecule is CC(=O)N1CCC(NS(=O)(=O)c2ccc(Cl)c(COc3cccc4c(C)cc(C)nc34)c2Cl)(C(=O)N2CCNCC2)CC1. The van der Waals surface area contributed by atoms with Gasteiger partial charge in [-0.05, 0) is 56.5 Å². The first-order chi connectivity index (χ1) is 20.4. The number of rotatable bonds is 7. The second-order valence-corrected chi connectivity index (χ2v) is 13.5. The Hall–Kier alpha value is -2.96. The molecule has 3 aromatic rings. The summed E-state index contributed by atoms with van der Waals surface area (Å²) >= 11 is 13.2. The van der Waals surface area contributed by atoms with Gasteiger partial charge in [-0.15, -0.1) is 0 Å². The number of aryl methyl sites for hydroxylation is 2. The number of aromatic nitrogens is 1. The second kappa shape index (κ2) is 12.6. The summed E-state index contributed by atoms with van der Waals surface area (Å²) in [5.74, 6) is 0.0901. The fourth-order valence-corrected chi connectivity index (χ4v) is 8.09. The standard InChI is InChI=1S/C30H35Cl2N5O5S/c1-19-17-20(2)34-28-22(19)5-4-6-25(28)42-18-23-24(31)7-8-26(27(23)32)43(40,41)35-30(9-13-36(14-10-30)21(3)38)29(39)37-15-11-33-12-16-37/h4-8,17,33,35H,9-16,18H2,1-3H3. The zero-order chi connectivity index (χ0) is 30.9. The van der Waals surface area contributed by atoms with Crippen molar-refractivity contribution in [1.29, 1.82) is 0 Å². The van der Waals surface area contributed by atoms with Gasteiger partial charge in [0.2, 0.25) is 21.8 Å². The fourth-order valence-electron chi connectivity index (χ4n) is 5.78. The smallest absolute Gasteiger partial charge is 0.244 e. The first-order valence-electron chi connectivity index (χ1n) is 14.2. The number of piperidine rings is 1. The molecule has 1 aromatic heterocycles. The van der Waals surface area contributed by atoms with E-state index in [2.05, 4.69) is 15.0 Å². The largest absolute Gasteiger partial charge is 0.487 e. The van der Waals surface area contributed by atoms with E-state index in [0.29, 0.717) is 43.0 Å². The summed E-state index contributed by atoms with van der Waals surface area (Å²) < 4.78 is 36.8. The number of nitrogens with one attached hydrogen (secondary N) is 2. The summed E-state index contributed by atoms with van der Waals surface area (Å²) in [7, 11) is -4.31. The van der Waals surface area contributed by atoms with Crippen LogP contribution in [0.15, 0.2) is 41.3 Å². The third-order valence-electron chi connectivity index (χ3n) is 8.16. The molecule has 2 fully saturated rings. The Morgan fingerprint density at radius 2 is 1.74 bits per heavy atom. The Balaban J connectivity index is 1.44. The number of para-hydroxylation sites is 1. The van der Waals surface area contributed by atoms with Crippen LogP contribution in [0.1, 0.15) is 36.6 Å². The number of nitrogens with zero attached hydrogens (tertiary/aromatic N) is 3. The zero-order valence-corrected chi connectivity index (χ0v) is 26.7. The number of likely N-dealkylation sites (tertiary alicyclic amines) is 1. The van der Waals surface area contributed by atoms with Crippen LogP contribution in [-0.4, -0.2) is 79.8 Å². The number of hydrogen-bond donors (Lipinski definition) is 2. The van der Waals surface area contributed by atoms with Gasteiger partial charge in [0.05, 0.1) is 5.02 Å². The highest BCUT2D eigenvalue weighted by atomic mass is 35.5. The molecule has 0 bridgehead atoms. The highest BCUT2D eigenvalue weighted by Gasteiger charge is 2.47. The second-order valence-electron chi connectivity index (χ2n) is 11.1. The number of piperazine rings is 1. The number of pyridine rings is 1. The molecule has 0 aliphatic carbocycles. The number of hydrogen-bond acceptors (Lipinski definition) is 7. The van der Waals surface area contributed by atoms with Crippen LogP contribution in [0.5, 0.6) is 5.75 Å². The van der Waals surface area contributed by atoms with Crippen molar-refractivity contribution in [3.63, 3.8) is 0 Å². The van der Waals surface area contributed by atoms with Gasteiger partial charge in [0.1, 0.15) is 28.3 Å². The third-order valence-corrected chi connectivity index (χ3v) is 10.6. The van der Waals surface area contributed by atoms with Crippen molar-refractivity contribution >= 4 is 55.9 Å². The molecule has 230 valence electrons. The van der Waals surface area contributed by atoms with Crippen LogP contribution in [0.2, 0.25) is 10.0 Å². The maximum Gasteiger partial charge on any atom is 0.244 e. The summed E-state index contributed by atoms with van der Waals surface area (Å²) in [6, 6.07) is 10.4. The van der Waals surface area contributed by atoms with Gasteiger partial charge in [-0.25, -0.2) is 13.4 Å². The quantitative estimate of drug-likeness (QED) is 0.400. The molecule has 13 heteroatoms. The molecule has 2 aliphatic rings. The van der Waals surface area contributed by atoms with Crippen molar-refractivity contribution in [3.8, 4) is 5.75 Å². The molecule has 10 nitrogen and oxygen atoms in total. The van der Waals surface area contributed by atoms with Crippen molar-refractivity contribution in [3.05, 3.63) is 63.3 Å². The number of benzene rings is 2. The van der Waals surface area contributed by atoms with Crippen LogP contribution in [0, 0.1) is 13.8 Å². The maximum atomic E-state index is 14.0. The molecule has 0 saturated carbocycles. The maximum absolute atomic E-state index is 14.0. The molecular weight excluding hydrogens is 613 g/mol. The van der Waals surface area contributed by atoms with Crippen LogP contribution >= 0.6 is 23.2 Å². The minimum absolute atomic E-state index is 0.0912. The van der Waals surface area contributed by atoms with Crippen LogP contribution in [0.4, 0.5) is 0 Å². The molecule has 2 N–H and O–H groups in total. The third kappa shape index (κ3) is 6.46. The topological polar surface area (TPSA) is 121 Å². The molecule has 3 heterocycles. The fraction of sp³-hybridized carbons (Fsp3) is 0.433. The summed E-state index contributed by atoms with van der Waals surface area (Å²) in [5.41, 5.74) is 1.45. The first kappa shape index (κ1) is 31.5. The number of halogens is 2. The van der Waals surface area contributed by atoms with Crippen molar-refractivity contribution in [2.75, 3.05) is 39.3 Å². The van der Waals surface area contributed by atoms with Gasteiger partial charge in [-0.3, -0.25) is 9.59 Å². The predicted octanol–water partition coefficient (Wildman–Crippen LogP) is 3.83. The van der Waals surface area contributed by atoms with Gasteiger partial charge in [-0.1, -0.05) is 35.3 Å². The van der Waals surface area contributed by atoms with E-state index in [4.69, 9.17) is 27.9 Å². The minimum Gasteiger partial charge on any atom is -0.487 e. The summed E-state index contributed by atoms with van der Waals surface area (Å²) in [6.07, 6.45) is 0.283. The number of sulfonamides is 1. The van der Waals surface area contributed by atoms with E-state index in [-0.39, 0.29) is 59.3 Å². The molecule has 2 amide bonds. The summed E-state index contributed by atoms with van der Waals surface area (Å²) in [6.45, 7) is 7.92. The lowest BCUT2D eigenvalue weighted by atomic mass is 9.86. The van der Waals surface area contributed by atoms with E-state index in [1.165, 1.54) is 19.1 Å². The number of carbonyl (C=O) groups excluding carboxylic acids is 2. The summed E-state index contributed by atoms with van der Waals surface area (Å²) in [5, 5.41) is 4.30. The van der Waals surface area contributed by atoms with Gasteiger partial charge in [0, 0.05) is 67.9 Å². The monoisotopic (exact) mass is 647 g/mol. The van der Waals surface area contributed by atoms with Crippen molar-refractivity contribution in [2.45, 2.75) is 50.7 Å². The first-order valence-corrected chi connectivity index (χ1v) is 16.4. The predicted molar refractivity (Wildman–Crippen MR) is 166 cm³/mol. The lowest BCUT2D eigenvalue weighted by Crippen LogP contribution is -2.65. The van der Waals surface area contributed by atoms with Gasteiger partial charge in [-0.2, -0.15) is 4.72 Å². The molecular formula is C30H35Cl2N5O5S. The lowest BCUT2D eigenvalue weighted by Gasteiger charge is -2.44. The molecule has 43 heavy (non-hydrogen) atoms. The van der Waals surface area contributed by atoms with Crippen LogP contribution < -0.4 is 14.8 Å². The van der Waals surface area contributed by atoms with E-state index in [9.17, 15) is 18.0 Å². The highest BCUT2D eigenvalue weighted by Crippen LogP contribution is 2.35. The highest BCUT2D eigenvalue weighted by molar-refractivity contribution is 7.89. The van der Waals surface area contributed by atoms with Crippen molar-refractivity contribution < 1.29 is 22.7 Å². The van der Waals surface area contributed by atoms with Crippen LogP contribution in [-0.2, 0) is 26.2 Å². The molecule has 0 radical (unpaired) electrons. The Bertz CT molecular complexity index is 1670. The van der Waals surface area contributed by atoms with E-state index >= 15 is 0 Å². The Labute approximate surface area is 261 Å². The summed E-state index contributed by atoms with van der Waals surface area (Å²) in [4.78, 5) is 33.6. The van der Waals surface area contributed by atoms with Crippen molar-refractivity contribution in [1.82, 2.24) is 24.8 Å². The lowest BCUT2D eigenvalue weighted by molar-refractivity contribution is -0.143. The van der Waals surface area contributed by atoms with Crippen LogP contribution in [0.25, 0.3) is 10.9 Å². The van der Waals surface area contributed by atoms with Gasteiger partial charge >= 0.3 is 0 Å². The van der Waals surface area contributed by atoms with Gasteiger partial charge in [0.15, 0.2) is 0 Å². The molecule has 2 aliphatic heterocycles. The van der Waals surface area contributed by atoms with Crippen LogP contribution in [0.3, 0.4) is 0 Å². The Morgan fingerprint density at radius 3 is 2.42 bits per heavy atom. The zero-order valence-electron chi connectivity index (χ0n) is 24.4. The van der Waals surface area contributed by atoms with E-state index in [1.807, 2.05) is 32.0 Å². The average molecular weight is 649 g/mol. The molecule has 2 aromatic carbocycles. The number of carbonyl (C=O) groups is 2. The van der Waals surface area contributed by atoms with E-state index in [1.54, 1.807) is 15.9 Å².